The molecule has 0 spiro atoms. The number of esters is 1. The zero-order valence-electron chi connectivity index (χ0n) is 11.0. The third-order valence-electron chi connectivity index (χ3n) is 2.92. The standard InChI is InChI=1S/C15H16N2O2/c1-11-6-3-4-7-12(11)10-17-14-13(15(18)19-2)8-5-9-16-14/h3-9H,10H2,1-2H3,(H,16,17). The van der Waals surface area contributed by atoms with Crippen LogP contribution in [0.5, 0.6) is 0 Å². The lowest BCUT2D eigenvalue weighted by Crippen LogP contribution is -2.10. The number of aromatic nitrogens is 1. The summed E-state index contributed by atoms with van der Waals surface area (Å²) in [5.74, 6) is 0.151. The van der Waals surface area contributed by atoms with Crippen molar-refractivity contribution in [3.8, 4) is 0 Å². The molecular weight excluding hydrogens is 240 g/mol. The summed E-state index contributed by atoms with van der Waals surface area (Å²) in [6.45, 7) is 2.67. The molecule has 0 radical (unpaired) electrons. The molecule has 1 N–H and O–H groups in total. The Morgan fingerprint density at radius 3 is 2.79 bits per heavy atom. The number of pyridine rings is 1. The number of anilines is 1. The van der Waals surface area contributed by atoms with Crippen molar-refractivity contribution in [1.29, 1.82) is 0 Å². The Labute approximate surface area is 112 Å². The van der Waals surface area contributed by atoms with Crippen molar-refractivity contribution in [2.45, 2.75) is 13.5 Å². The Hall–Kier alpha value is -2.36. The summed E-state index contributed by atoms with van der Waals surface area (Å²) < 4.78 is 4.73. The van der Waals surface area contributed by atoms with Crippen molar-refractivity contribution in [2.24, 2.45) is 0 Å². The minimum Gasteiger partial charge on any atom is -0.465 e. The van der Waals surface area contributed by atoms with Crippen LogP contribution in [0.3, 0.4) is 0 Å². The van der Waals surface area contributed by atoms with E-state index in [0.29, 0.717) is 17.9 Å². The first-order valence-electron chi connectivity index (χ1n) is 6.04. The summed E-state index contributed by atoms with van der Waals surface area (Å²) in [6, 6.07) is 11.5. The molecule has 0 aliphatic rings. The van der Waals surface area contributed by atoms with Crippen LogP contribution in [0, 0.1) is 6.92 Å². The molecule has 98 valence electrons. The van der Waals surface area contributed by atoms with E-state index in [1.165, 1.54) is 18.2 Å². The molecule has 0 aliphatic heterocycles. The highest BCUT2D eigenvalue weighted by Crippen LogP contribution is 2.15. The first-order chi connectivity index (χ1) is 9.22. The minimum atomic E-state index is -0.389. The molecule has 0 atom stereocenters. The normalized spacial score (nSPS) is 10.0. The Balaban J connectivity index is 2.16. The van der Waals surface area contributed by atoms with Crippen LogP contribution in [-0.2, 0) is 11.3 Å². The van der Waals surface area contributed by atoms with E-state index in [1.54, 1.807) is 18.3 Å². The number of aryl methyl sites for hydroxylation is 1. The molecule has 19 heavy (non-hydrogen) atoms. The highest BCUT2D eigenvalue weighted by atomic mass is 16.5. The van der Waals surface area contributed by atoms with E-state index in [4.69, 9.17) is 4.74 Å². The molecule has 1 aromatic carbocycles. The van der Waals surface area contributed by atoms with Gasteiger partial charge in [-0.1, -0.05) is 24.3 Å². The van der Waals surface area contributed by atoms with Gasteiger partial charge in [0.2, 0.25) is 0 Å². The van der Waals surface area contributed by atoms with Crippen LogP contribution in [0.1, 0.15) is 21.5 Å². The van der Waals surface area contributed by atoms with E-state index in [-0.39, 0.29) is 5.97 Å². The van der Waals surface area contributed by atoms with Gasteiger partial charge in [0.05, 0.1) is 7.11 Å². The number of nitrogens with zero attached hydrogens (tertiary/aromatic N) is 1. The average molecular weight is 256 g/mol. The van der Waals surface area contributed by atoms with Gasteiger partial charge in [0.25, 0.3) is 0 Å². The molecule has 2 rings (SSSR count). The van der Waals surface area contributed by atoms with E-state index < -0.39 is 0 Å². The maximum absolute atomic E-state index is 11.6. The molecule has 1 aromatic heterocycles. The van der Waals surface area contributed by atoms with Crippen molar-refractivity contribution in [2.75, 3.05) is 12.4 Å². The maximum atomic E-state index is 11.6. The third kappa shape index (κ3) is 3.10. The lowest BCUT2D eigenvalue weighted by Gasteiger charge is -2.10. The number of benzene rings is 1. The van der Waals surface area contributed by atoms with Gasteiger partial charge < -0.3 is 10.1 Å². The zero-order valence-corrected chi connectivity index (χ0v) is 11.0. The minimum absolute atomic E-state index is 0.389. The van der Waals surface area contributed by atoms with Gasteiger partial charge in [-0.05, 0) is 30.2 Å². The Morgan fingerprint density at radius 2 is 2.05 bits per heavy atom. The van der Waals surface area contributed by atoms with Crippen molar-refractivity contribution in [3.63, 3.8) is 0 Å². The first-order valence-corrected chi connectivity index (χ1v) is 6.04. The lowest BCUT2D eigenvalue weighted by molar-refractivity contribution is 0.0601. The monoisotopic (exact) mass is 256 g/mol. The van der Waals surface area contributed by atoms with Gasteiger partial charge in [-0.3, -0.25) is 0 Å². The van der Waals surface area contributed by atoms with Gasteiger partial charge in [0, 0.05) is 12.7 Å². The summed E-state index contributed by atoms with van der Waals surface area (Å²) in [7, 11) is 1.36. The second kappa shape index (κ2) is 6.00. The van der Waals surface area contributed by atoms with Gasteiger partial charge in [0.15, 0.2) is 0 Å². The second-order valence-corrected chi connectivity index (χ2v) is 4.17. The van der Waals surface area contributed by atoms with Gasteiger partial charge in [-0.25, -0.2) is 9.78 Å². The molecule has 0 bridgehead atoms. The first kappa shape index (κ1) is 13.1. The predicted molar refractivity (Wildman–Crippen MR) is 74.1 cm³/mol. The molecule has 2 aromatic rings. The number of nitrogens with one attached hydrogen (secondary N) is 1. The topological polar surface area (TPSA) is 51.2 Å². The van der Waals surface area contributed by atoms with Crippen LogP contribution in [-0.4, -0.2) is 18.1 Å². The number of hydrogen-bond donors (Lipinski definition) is 1. The number of hydrogen-bond acceptors (Lipinski definition) is 4. The summed E-state index contributed by atoms with van der Waals surface area (Å²) in [4.78, 5) is 15.8. The lowest BCUT2D eigenvalue weighted by atomic mass is 10.1. The van der Waals surface area contributed by atoms with Crippen LogP contribution in [0.15, 0.2) is 42.6 Å². The molecule has 0 unspecified atom stereocenters. The number of rotatable bonds is 4. The highest BCUT2D eigenvalue weighted by molar-refractivity contribution is 5.94. The maximum Gasteiger partial charge on any atom is 0.341 e. The van der Waals surface area contributed by atoms with E-state index >= 15 is 0 Å². The fourth-order valence-corrected chi connectivity index (χ4v) is 1.81. The molecule has 0 aliphatic carbocycles. The number of carbonyl (C=O) groups excluding carboxylic acids is 1. The summed E-state index contributed by atoms with van der Waals surface area (Å²) in [5.41, 5.74) is 2.81. The van der Waals surface area contributed by atoms with Crippen molar-refractivity contribution >= 4 is 11.8 Å². The van der Waals surface area contributed by atoms with Crippen LogP contribution in [0.2, 0.25) is 0 Å². The molecule has 0 saturated carbocycles. The zero-order chi connectivity index (χ0) is 13.7. The fourth-order valence-electron chi connectivity index (χ4n) is 1.81. The molecule has 1 heterocycles. The molecule has 4 nitrogen and oxygen atoms in total. The summed E-state index contributed by atoms with van der Waals surface area (Å²) in [6.07, 6.45) is 1.65. The summed E-state index contributed by atoms with van der Waals surface area (Å²) in [5, 5.41) is 3.17. The third-order valence-corrected chi connectivity index (χ3v) is 2.92. The quantitative estimate of drug-likeness (QED) is 0.855. The van der Waals surface area contributed by atoms with Gasteiger partial charge in [0.1, 0.15) is 11.4 Å². The number of methoxy groups -OCH3 is 1. The van der Waals surface area contributed by atoms with E-state index in [2.05, 4.69) is 23.3 Å². The molecule has 4 heteroatoms. The number of ether oxygens (including phenoxy) is 1. The second-order valence-electron chi connectivity index (χ2n) is 4.17. The Bertz CT molecular complexity index is 582. The molecular formula is C15H16N2O2. The Morgan fingerprint density at radius 1 is 1.26 bits per heavy atom. The van der Waals surface area contributed by atoms with E-state index in [0.717, 1.165) is 0 Å². The van der Waals surface area contributed by atoms with Crippen molar-refractivity contribution < 1.29 is 9.53 Å². The summed E-state index contributed by atoms with van der Waals surface area (Å²) >= 11 is 0. The van der Waals surface area contributed by atoms with E-state index in [9.17, 15) is 4.79 Å². The van der Waals surface area contributed by atoms with Crippen LogP contribution < -0.4 is 5.32 Å². The van der Waals surface area contributed by atoms with Gasteiger partial charge >= 0.3 is 5.97 Å². The molecule has 0 saturated heterocycles. The van der Waals surface area contributed by atoms with Crippen molar-refractivity contribution in [1.82, 2.24) is 4.98 Å². The average Bonchev–Trinajstić information content (AvgIpc) is 2.46. The fraction of sp³-hybridized carbons (Fsp3) is 0.200. The van der Waals surface area contributed by atoms with E-state index in [1.807, 2.05) is 18.2 Å². The SMILES string of the molecule is COC(=O)c1cccnc1NCc1ccccc1C. The van der Waals surface area contributed by atoms with Crippen LogP contribution in [0.25, 0.3) is 0 Å². The molecule has 0 fully saturated rings. The number of carbonyl (C=O) groups is 1. The molecule has 0 amide bonds. The highest BCUT2D eigenvalue weighted by Gasteiger charge is 2.12. The van der Waals surface area contributed by atoms with Crippen LogP contribution >= 0.6 is 0 Å². The largest absolute Gasteiger partial charge is 0.465 e. The smallest absolute Gasteiger partial charge is 0.341 e. The predicted octanol–water partition coefficient (Wildman–Crippen LogP) is 2.79. The Kier molecular flexibility index (Phi) is 4.13. The van der Waals surface area contributed by atoms with Gasteiger partial charge in [-0.2, -0.15) is 0 Å². The van der Waals surface area contributed by atoms with Crippen LogP contribution in [0.4, 0.5) is 5.82 Å². The van der Waals surface area contributed by atoms with Crippen molar-refractivity contribution in [3.05, 3.63) is 59.3 Å². The van der Waals surface area contributed by atoms with Gasteiger partial charge in [-0.15, -0.1) is 0 Å².